The molecule has 1 aliphatic rings. The number of hydrogen-bond donors (Lipinski definition) is 0. The van der Waals surface area contributed by atoms with E-state index in [-0.39, 0.29) is 7.43 Å². The number of hydrogen-bond acceptors (Lipinski definition) is 3. The first-order valence-corrected chi connectivity index (χ1v) is 15.7. The molecule has 0 radical (unpaired) electrons. The van der Waals surface area contributed by atoms with Crippen molar-refractivity contribution in [3.05, 3.63) is 0 Å². The third-order valence-electron chi connectivity index (χ3n) is 0.646. The van der Waals surface area contributed by atoms with Crippen molar-refractivity contribution in [2.75, 3.05) is 0 Å². The summed E-state index contributed by atoms with van der Waals surface area (Å²) in [4.78, 5) is 0. The second kappa shape index (κ2) is 7.78. The Balaban J connectivity index is 0. The lowest BCUT2D eigenvalue weighted by Crippen LogP contribution is -1.62. The minimum atomic E-state index is -2.91. The molecule has 14 heteroatoms. The molecule has 1 heterocycles. The van der Waals surface area contributed by atoms with Crippen molar-refractivity contribution in [1.29, 1.82) is 0 Å². The second-order valence-electron chi connectivity index (χ2n) is 1.64. The molecule has 1 aliphatic heterocycles. The number of nitrogens with zero attached hydrogens (tertiary/aromatic N) is 3. The van der Waals surface area contributed by atoms with E-state index in [0.29, 0.717) is 0 Å². The Morgan fingerprint density at radius 3 is 0.867 bits per heavy atom. The molecule has 0 N–H and O–H groups in total. The molecular weight excluding hydrogens is 422 g/mol. The first-order valence-electron chi connectivity index (χ1n) is 2.55. The van der Waals surface area contributed by atoms with Crippen LogP contribution in [0, 0.1) is 0 Å². The standard InChI is InChI=1S/CH4.Cl6N3P3.H4P2/c;1-10(2)7-11(3,4)9-12(5,6)8-10;1-2/h1H4;;1-2H2. The molecule has 15 heavy (non-hydrogen) atoms. The smallest absolute Gasteiger partial charge is 0.185 e. The summed E-state index contributed by atoms with van der Waals surface area (Å²) in [6, 6.07) is 0. The van der Waals surface area contributed by atoms with Crippen LogP contribution in [0.3, 0.4) is 0 Å². The lowest BCUT2D eigenvalue weighted by atomic mass is 12.0. The molecule has 1 rings (SSSR count). The van der Waals surface area contributed by atoms with Gasteiger partial charge in [0.1, 0.15) is 0 Å². The van der Waals surface area contributed by atoms with Gasteiger partial charge in [-0.1, -0.05) is 7.43 Å². The highest BCUT2D eigenvalue weighted by Gasteiger charge is 2.30. The summed E-state index contributed by atoms with van der Waals surface area (Å²) in [7, 11) is 4.67. The normalized spacial score (nSPS) is 24.0. The van der Waals surface area contributed by atoms with Gasteiger partial charge in [-0.2, -0.15) is 13.5 Å². The minimum absolute atomic E-state index is 0. The van der Waals surface area contributed by atoms with E-state index in [4.69, 9.17) is 67.4 Å². The molecule has 0 saturated carbocycles. The average Bonchev–Trinajstić information content (AvgIpc) is 1.79. The van der Waals surface area contributed by atoms with E-state index >= 15 is 0 Å². The maximum absolute atomic E-state index is 5.64. The summed E-state index contributed by atoms with van der Waals surface area (Å²) < 4.78 is 11.0. The quantitative estimate of drug-likeness (QED) is 0.346. The van der Waals surface area contributed by atoms with Crippen LogP contribution in [0.2, 0.25) is 0 Å². The molecule has 3 nitrogen and oxygen atoms in total. The van der Waals surface area contributed by atoms with Gasteiger partial charge in [-0.05, 0) is 67.4 Å². The zero-order valence-electron chi connectivity index (χ0n) is 6.11. The molecule has 0 spiro atoms. The van der Waals surface area contributed by atoms with Gasteiger partial charge in [-0.3, -0.25) is 0 Å². The van der Waals surface area contributed by atoms with Crippen LogP contribution in [0.4, 0.5) is 0 Å². The van der Waals surface area contributed by atoms with Gasteiger partial charge in [0.2, 0.25) is 0 Å². The van der Waals surface area contributed by atoms with Gasteiger partial charge in [0.25, 0.3) is 17.7 Å². The molecule has 0 aromatic rings. The first-order chi connectivity index (χ1) is 6.12. The first kappa shape index (κ1) is 20.6. The van der Waals surface area contributed by atoms with Gasteiger partial charge in [0.15, 0.2) is 0 Å². The van der Waals surface area contributed by atoms with E-state index in [9.17, 15) is 0 Å². The van der Waals surface area contributed by atoms with Gasteiger partial charge in [0.05, 0.1) is 0 Å². The number of rotatable bonds is 0. The maximum atomic E-state index is 5.64. The Bertz CT molecular complexity index is 283. The largest absolute Gasteiger partial charge is 0.257 e. The van der Waals surface area contributed by atoms with Crippen LogP contribution in [-0.4, -0.2) is 0 Å². The van der Waals surface area contributed by atoms with E-state index in [0.717, 1.165) is 0 Å². The summed E-state index contributed by atoms with van der Waals surface area (Å²) in [6.07, 6.45) is 0. The minimum Gasteiger partial charge on any atom is -0.185 e. The maximum Gasteiger partial charge on any atom is 0.257 e. The van der Waals surface area contributed by atoms with Gasteiger partial charge in [0, 0.05) is 0 Å². The van der Waals surface area contributed by atoms with Crippen LogP contribution in [-0.2, 0) is 0 Å². The van der Waals surface area contributed by atoms with Crippen LogP contribution >= 0.6 is 103 Å². The summed E-state index contributed by atoms with van der Waals surface area (Å²) in [5.41, 5.74) is 0. The highest BCUT2D eigenvalue weighted by atomic mass is 35.9. The fourth-order valence-electron chi connectivity index (χ4n) is 0.442. The summed E-state index contributed by atoms with van der Waals surface area (Å²) >= 11 is 33.9. The van der Waals surface area contributed by atoms with Gasteiger partial charge < -0.3 is 0 Å². The van der Waals surface area contributed by atoms with Crippen molar-refractivity contribution in [3.8, 4) is 0 Å². The van der Waals surface area contributed by atoms with E-state index in [2.05, 4.69) is 31.4 Å². The summed E-state index contributed by atoms with van der Waals surface area (Å²) in [5, 5.41) is 0. The van der Waals surface area contributed by atoms with Crippen LogP contribution in [0.1, 0.15) is 7.43 Å². The van der Waals surface area contributed by atoms with Gasteiger partial charge >= 0.3 is 0 Å². The highest BCUT2D eigenvalue weighted by Crippen LogP contribution is 2.87. The second-order valence-corrected chi connectivity index (χ2v) is 16.6. The predicted octanol–water partition coefficient (Wildman–Crippen LogP) is 8.56. The van der Waals surface area contributed by atoms with Crippen molar-refractivity contribution in [2.45, 2.75) is 7.43 Å². The SMILES string of the molecule is C.ClP1(Cl)=NP(Cl)(Cl)=NP(Cl)(Cl)=N1.PP. The molecular formula is CH8Cl6N3P5. The molecule has 94 valence electrons. The lowest BCUT2D eigenvalue weighted by molar-refractivity contribution is 1.80. The topological polar surface area (TPSA) is 37.1 Å². The van der Waals surface area contributed by atoms with Gasteiger partial charge in [-0.15, -0.1) is 17.9 Å². The number of halogens is 6. The Kier molecular flexibility index (Phi) is 10.7. The zero-order chi connectivity index (χ0) is 11.6. The van der Waals surface area contributed by atoms with Crippen molar-refractivity contribution in [3.63, 3.8) is 0 Å². The van der Waals surface area contributed by atoms with Crippen molar-refractivity contribution in [1.82, 2.24) is 0 Å². The molecule has 0 saturated heterocycles. The van der Waals surface area contributed by atoms with Crippen LogP contribution in [0.25, 0.3) is 0 Å². The molecule has 2 unspecified atom stereocenters. The fraction of sp³-hybridized carbons (Fsp3) is 1.00. The molecule has 0 aromatic heterocycles. The molecule has 2 atom stereocenters. The zero-order valence-corrected chi connectivity index (χ0v) is 15.6. The molecule has 0 aliphatic carbocycles. The van der Waals surface area contributed by atoms with Crippen LogP contribution < -0.4 is 0 Å². The third kappa shape index (κ3) is 8.92. The van der Waals surface area contributed by atoms with Gasteiger partial charge in [-0.25, -0.2) is 0 Å². The van der Waals surface area contributed by atoms with E-state index in [1.54, 1.807) is 0 Å². The van der Waals surface area contributed by atoms with Crippen molar-refractivity contribution < 1.29 is 0 Å². The third-order valence-corrected chi connectivity index (χ3v) is 13.1. The summed E-state index contributed by atoms with van der Waals surface area (Å²) in [5.74, 6) is -8.72. The Morgan fingerprint density at radius 2 is 0.733 bits per heavy atom. The summed E-state index contributed by atoms with van der Waals surface area (Å²) in [6.45, 7) is 0. The molecule has 0 aromatic carbocycles. The Morgan fingerprint density at radius 1 is 0.600 bits per heavy atom. The van der Waals surface area contributed by atoms with E-state index in [1.165, 1.54) is 0 Å². The van der Waals surface area contributed by atoms with E-state index < -0.39 is 17.7 Å². The van der Waals surface area contributed by atoms with Crippen LogP contribution in [0.5, 0.6) is 0 Å². The Hall–Kier alpha value is 3.29. The monoisotopic (exact) mass is 427 g/mol. The van der Waals surface area contributed by atoms with Crippen LogP contribution in [0.15, 0.2) is 13.5 Å². The average molecular weight is 430 g/mol. The molecule has 0 amide bonds. The predicted molar refractivity (Wildman–Crippen MR) is 89.3 cm³/mol. The van der Waals surface area contributed by atoms with Crippen molar-refractivity contribution >= 4 is 103 Å². The van der Waals surface area contributed by atoms with E-state index in [1.807, 2.05) is 0 Å². The van der Waals surface area contributed by atoms with Crippen molar-refractivity contribution in [2.24, 2.45) is 13.5 Å². The fourth-order valence-corrected chi connectivity index (χ4v) is 19.3. The molecule has 0 bridgehead atoms. The Labute approximate surface area is 123 Å². The molecule has 0 fully saturated rings. The lowest BCUT2D eigenvalue weighted by Gasteiger charge is -2.16. The highest BCUT2D eigenvalue weighted by molar-refractivity contribution is 8.26.